The van der Waals surface area contributed by atoms with Crippen molar-refractivity contribution in [2.75, 3.05) is 0 Å². The molecule has 0 aromatic carbocycles. The van der Waals surface area contributed by atoms with E-state index in [4.69, 9.17) is 5.73 Å². The quantitative estimate of drug-likeness (QED) is 0.482. The number of carbonyl (C=O) groups is 1. The molecule has 0 saturated carbocycles. The number of nitrogens with zero attached hydrogens (tertiary/aromatic N) is 1. The first-order valence-electron chi connectivity index (χ1n) is 3.83. The van der Waals surface area contributed by atoms with Gasteiger partial charge in [0, 0.05) is 11.8 Å². The Labute approximate surface area is 67.7 Å². The SMILES string of the molecule is CC(C)C(=O)/N=C(\N)C(C)C. The maximum Gasteiger partial charge on any atom is 0.249 e. The molecule has 0 fully saturated rings. The normalized spacial score (nSPS) is 12.7. The van der Waals surface area contributed by atoms with E-state index in [-0.39, 0.29) is 17.7 Å². The van der Waals surface area contributed by atoms with Gasteiger partial charge in [-0.05, 0) is 0 Å². The molecule has 0 heterocycles. The second kappa shape index (κ2) is 4.11. The molecular weight excluding hydrogens is 140 g/mol. The molecule has 0 aliphatic heterocycles. The van der Waals surface area contributed by atoms with Crippen LogP contribution in [0.25, 0.3) is 0 Å². The minimum atomic E-state index is -0.142. The summed E-state index contributed by atoms with van der Waals surface area (Å²) < 4.78 is 0. The molecule has 0 rings (SSSR count). The summed E-state index contributed by atoms with van der Waals surface area (Å²) in [6.07, 6.45) is 0. The van der Waals surface area contributed by atoms with E-state index in [2.05, 4.69) is 4.99 Å². The van der Waals surface area contributed by atoms with Gasteiger partial charge in [0.2, 0.25) is 5.91 Å². The maximum atomic E-state index is 11.0. The predicted molar refractivity (Wildman–Crippen MR) is 46.3 cm³/mol. The lowest BCUT2D eigenvalue weighted by molar-refractivity contribution is -0.120. The molecule has 0 spiro atoms. The molecule has 2 N–H and O–H groups in total. The van der Waals surface area contributed by atoms with Gasteiger partial charge in [0.1, 0.15) is 5.84 Å². The highest BCUT2D eigenvalue weighted by atomic mass is 16.1. The lowest BCUT2D eigenvalue weighted by Crippen LogP contribution is -2.21. The second-order valence-electron chi connectivity index (χ2n) is 3.18. The first-order chi connectivity index (χ1) is 4.95. The summed E-state index contributed by atoms with van der Waals surface area (Å²) >= 11 is 0. The van der Waals surface area contributed by atoms with Gasteiger partial charge in [-0.25, -0.2) is 4.99 Å². The standard InChI is InChI=1S/C8H16N2O/c1-5(2)7(9)10-8(11)6(3)4/h5-6H,1-4H3,(H2,9,10,11). The first-order valence-corrected chi connectivity index (χ1v) is 3.83. The number of amidine groups is 1. The van der Waals surface area contributed by atoms with Gasteiger partial charge in [0.05, 0.1) is 0 Å². The molecule has 64 valence electrons. The van der Waals surface area contributed by atoms with Gasteiger partial charge in [0.15, 0.2) is 0 Å². The molecule has 0 unspecified atom stereocenters. The topological polar surface area (TPSA) is 55.5 Å². The van der Waals surface area contributed by atoms with E-state index in [0.29, 0.717) is 5.84 Å². The number of amides is 1. The molecule has 3 nitrogen and oxygen atoms in total. The molecule has 0 bridgehead atoms. The smallest absolute Gasteiger partial charge is 0.249 e. The average molecular weight is 156 g/mol. The van der Waals surface area contributed by atoms with Crippen molar-refractivity contribution in [2.24, 2.45) is 22.6 Å². The zero-order chi connectivity index (χ0) is 9.02. The van der Waals surface area contributed by atoms with Gasteiger partial charge in [-0.15, -0.1) is 0 Å². The van der Waals surface area contributed by atoms with E-state index in [0.717, 1.165) is 0 Å². The summed E-state index contributed by atoms with van der Waals surface area (Å²) in [5.41, 5.74) is 5.48. The summed E-state index contributed by atoms with van der Waals surface area (Å²) in [6, 6.07) is 0. The summed E-state index contributed by atoms with van der Waals surface area (Å²) in [5.74, 6) is 0.366. The number of hydrogen-bond acceptors (Lipinski definition) is 1. The van der Waals surface area contributed by atoms with E-state index in [9.17, 15) is 4.79 Å². The predicted octanol–water partition coefficient (Wildman–Crippen LogP) is 1.18. The van der Waals surface area contributed by atoms with Crippen molar-refractivity contribution in [1.29, 1.82) is 0 Å². The lowest BCUT2D eigenvalue weighted by atomic mass is 10.2. The Hall–Kier alpha value is -0.860. The largest absolute Gasteiger partial charge is 0.387 e. The molecule has 0 aliphatic carbocycles. The fraction of sp³-hybridized carbons (Fsp3) is 0.750. The number of nitrogens with two attached hydrogens (primary N) is 1. The minimum absolute atomic E-state index is 0.0627. The van der Waals surface area contributed by atoms with E-state index < -0.39 is 0 Å². The van der Waals surface area contributed by atoms with Crippen LogP contribution < -0.4 is 5.73 Å². The van der Waals surface area contributed by atoms with Gasteiger partial charge in [-0.1, -0.05) is 27.7 Å². The third-order valence-electron chi connectivity index (χ3n) is 1.32. The van der Waals surface area contributed by atoms with Crippen LogP contribution in [-0.4, -0.2) is 11.7 Å². The fourth-order valence-corrected chi connectivity index (χ4v) is 0.385. The minimum Gasteiger partial charge on any atom is -0.387 e. The maximum absolute atomic E-state index is 11.0. The van der Waals surface area contributed by atoms with Crippen molar-refractivity contribution in [2.45, 2.75) is 27.7 Å². The van der Waals surface area contributed by atoms with Crippen LogP contribution in [-0.2, 0) is 4.79 Å². The van der Waals surface area contributed by atoms with Crippen molar-refractivity contribution in [1.82, 2.24) is 0 Å². The third kappa shape index (κ3) is 3.75. The molecule has 0 aromatic rings. The average Bonchev–Trinajstić information content (AvgIpc) is 1.87. The lowest BCUT2D eigenvalue weighted by Gasteiger charge is -2.03. The van der Waals surface area contributed by atoms with Crippen LogP contribution in [0.4, 0.5) is 0 Å². The van der Waals surface area contributed by atoms with E-state index >= 15 is 0 Å². The van der Waals surface area contributed by atoms with Gasteiger partial charge in [-0.2, -0.15) is 0 Å². The molecule has 0 radical (unpaired) electrons. The Balaban J connectivity index is 4.20. The van der Waals surface area contributed by atoms with E-state index in [1.165, 1.54) is 0 Å². The highest BCUT2D eigenvalue weighted by Crippen LogP contribution is 1.98. The van der Waals surface area contributed by atoms with Crippen molar-refractivity contribution in [3.8, 4) is 0 Å². The molecule has 3 heteroatoms. The number of rotatable bonds is 2. The van der Waals surface area contributed by atoms with Crippen LogP contribution in [0.5, 0.6) is 0 Å². The van der Waals surface area contributed by atoms with Crippen LogP contribution in [0.2, 0.25) is 0 Å². The summed E-state index contributed by atoms with van der Waals surface area (Å²) in [7, 11) is 0. The Morgan fingerprint density at radius 1 is 1.18 bits per heavy atom. The van der Waals surface area contributed by atoms with Gasteiger partial charge in [-0.3, -0.25) is 4.79 Å². The van der Waals surface area contributed by atoms with Crippen molar-refractivity contribution in [3.63, 3.8) is 0 Å². The van der Waals surface area contributed by atoms with Gasteiger partial charge >= 0.3 is 0 Å². The van der Waals surface area contributed by atoms with Crippen LogP contribution in [0.3, 0.4) is 0 Å². The summed E-state index contributed by atoms with van der Waals surface area (Å²) in [4.78, 5) is 14.7. The van der Waals surface area contributed by atoms with Crippen LogP contribution in [0, 0.1) is 11.8 Å². The van der Waals surface area contributed by atoms with Crippen molar-refractivity contribution >= 4 is 11.7 Å². The van der Waals surface area contributed by atoms with Crippen LogP contribution in [0.15, 0.2) is 4.99 Å². The first kappa shape index (κ1) is 10.1. The molecule has 11 heavy (non-hydrogen) atoms. The Morgan fingerprint density at radius 3 is 1.91 bits per heavy atom. The molecular formula is C8H16N2O. The molecule has 0 saturated heterocycles. The number of carbonyl (C=O) groups excluding carboxylic acids is 1. The molecule has 0 aromatic heterocycles. The molecule has 1 amide bonds. The Morgan fingerprint density at radius 2 is 1.64 bits per heavy atom. The van der Waals surface area contributed by atoms with Gasteiger partial charge in [0.25, 0.3) is 0 Å². The van der Waals surface area contributed by atoms with Crippen LogP contribution in [0.1, 0.15) is 27.7 Å². The zero-order valence-electron chi connectivity index (χ0n) is 7.59. The molecule has 0 aliphatic rings. The zero-order valence-corrected chi connectivity index (χ0v) is 7.59. The highest BCUT2D eigenvalue weighted by molar-refractivity contribution is 5.95. The van der Waals surface area contributed by atoms with E-state index in [1.54, 1.807) is 13.8 Å². The summed E-state index contributed by atoms with van der Waals surface area (Å²) in [5, 5.41) is 0. The Bertz CT molecular complexity index is 171. The monoisotopic (exact) mass is 156 g/mol. The van der Waals surface area contributed by atoms with Crippen molar-refractivity contribution < 1.29 is 4.79 Å². The van der Waals surface area contributed by atoms with Crippen molar-refractivity contribution in [3.05, 3.63) is 0 Å². The highest BCUT2D eigenvalue weighted by Gasteiger charge is 2.07. The second-order valence-corrected chi connectivity index (χ2v) is 3.18. The van der Waals surface area contributed by atoms with Gasteiger partial charge < -0.3 is 5.73 Å². The number of hydrogen-bond donors (Lipinski definition) is 1. The fourth-order valence-electron chi connectivity index (χ4n) is 0.385. The summed E-state index contributed by atoms with van der Waals surface area (Å²) in [6.45, 7) is 7.43. The Kier molecular flexibility index (Phi) is 3.79. The molecule has 0 atom stereocenters. The number of aliphatic imine (C=N–C) groups is 1. The van der Waals surface area contributed by atoms with Crippen LogP contribution >= 0.6 is 0 Å². The third-order valence-corrected chi connectivity index (χ3v) is 1.32. The van der Waals surface area contributed by atoms with E-state index in [1.807, 2.05) is 13.8 Å².